The van der Waals surface area contributed by atoms with Gasteiger partial charge in [0, 0.05) is 23.5 Å². The number of benzene rings is 2. The van der Waals surface area contributed by atoms with Gasteiger partial charge in [-0.05, 0) is 68.5 Å². The molecule has 0 bridgehead atoms. The number of urea groups is 1. The third kappa shape index (κ3) is 4.30. The van der Waals surface area contributed by atoms with Crippen molar-refractivity contribution < 1.29 is 4.79 Å². The second-order valence-corrected chi connectivity index (χ2v) is 7.67. The molecule has 0 radical (unpaired) electrons. The van der Waals surface area contributed by atoms with Crippen LogP contribution in [0.4, 0.5) is 16.2 Å². The van der Waals surface area contributed by atoms with Crippen molar-refractivity contribution in [1.82, 2.24) is 5.43 Å². The van der Waals surface area contributed by atoms with Gasteiger partial charge in [0.25, 0.3) is 0 Å². The van der Waals surface area contributed by atoms with E-state index in [0.29, 0.717) is 5.92 Å². The van der Waals surface area contributed by atoms with E-state index in [1.165, 1.54) is 11.3 Å². The summed E-state index contributed by atoms with van der Waals surface area (Å²) in [5.74, 6) is 0.487. The average Bonchev–Trinajstić information content (AvgIpc) is 2.62. The van der Waals surface area contributed by atoms with Crippen LogP contribution in [-0.4, -0.2) is 24.3 Å². The highest BCUT2D eigenvalue weighted by Crippen LogP contribution is 2.43. The van der Waals surface area contributed by atoms with E-state index in [9.17, 15) is 4.79 Å². The van der Waals surface area contributed by atoms with Crippen LogP contribution in [-0.2, 0) is 0 Å². The van der Waals surface area contributed by atoms with Crippen LogP contribution in [0.15, 0.2) is 53.6 Å². The van der Waals surface area contributed by atoms with Gasteiger partial charge < -0.3 is 10.2 Å². The van der Waals surface area contributed by atoms with Crippen molar-refractivity contribution >= 4 is 23.6 Å². The average molecular weight is 364 g/mol. The molecule has 5 nitrogen and oxygen atoms in total. The quantitative estimate of drug-likeness (QED) is 0.595. The molecule has 0 saturated heterocycles. The molecule has 2 aromatic rings. The second-order valence-electron chi connectivity index (χ2n) is 7.67. The van der Waals surface area contributed by atoms with Crippen LogP contribution in [0.3, 0.4) is 0 Å². The number of fused-ring (bicyclic) bond motifs is 1. The van der Waals surface area contributed by atoms with Gasteiger partial charge in [-0.1, -0.05) is 31.2 Å². The van der Waals surface area contributed by atoms with E-state index in [1.54, 1.807) is 6.21 Å². The molecule has 0 aromatic heterocycles. The van der Waals surface area contributed by atoms with Crippen LogP contribution in [0.1, 0.15) is 51.2 Å². The molecule has 1 unspecified atom stereocenters. The van der Waals surface area contributed by atoms with E-state index in [1.807, 2.05) is 30.3 Å². The predicted molar refractivity (Wildman–Crippen MR) is 113 cm³/mol. The number of anilines is 2. The number of amides is 2. The number of para-hydroxylation sites is 1. The summed E-state index contributed by atoms with van der Waals surface area (Å²) in [6, 6.07) is 15.3. The highest BCUT2D eigenvalue weighted by molar-refractivity contribution is 5.90. The summed E-state index contributed by atoms with van der Waals surface area (Å²) in [6.07, 6.45) is 2.81. The third-order valence-corrected chi connectivity index (χ3v) is 5.14. The van der Waals surface area contributed by atoms with Crippen molar-refractivity contribution in [2.24, 2.45) is 5.10 Å². The van der Waals surface area contributed by atoms with Gasteiger partial charge in [-0.3, -0.25) is 0 Å². The molecule has 0 aliphatic carbocycles. The molecular weight excluding hydrogens is 336 g/mol. The maximum Gasteiger partial charge on any atom is 0.339 e. The first-order valence-electron chi connectivity index (χ1n) is 9.47. The highest BCUT2D eigenvalue weighted by Gasteiger charge is 2.35. The van der Waals surface area contributed by atoms with E-state index in [4.69, 9.17) is 0 Å². The molecule has 0 fully saturated rings. The molecule has 142 valence electrons. The monoisotopic (exact) mass is 364 g/mol. The fraction of sp³-hybridized carbons (Fsp3) is 0.364. The van der Waals surface area contributed by atoms with E-state index in [-0.39, 0.29) is 11.6 Å². The van der Waals surface area contributed by atoms with Gasteiger partial charge in [-0.2, -0.15) is 5.10 Å². The summed E-state index contributed by atoms with van der Waals surface area (Å²) < 4.78 is 0. The van der Waals surface area contributed by atoms with Crippen molar-refractivity contribution in [3.63, 3.8) is 0 Å². The molecule has 3 rings (SSSR count). The van der Waals surface area contributed by atoms with Gasteiger partial charge in [0.2, 0.25) is 0 Å². The van der Waals surface area contributed by atoms with Crippen LogP contribution in [0, 0.1) is 0 Å². The lowest BCUT2D eigenvalue weighted by molar-refractivity contribution is 0.252. The minimum absolute atomic E-state index is 0.161. The zero-order chi connectivity index (χ0) is 19.4. The molecule has 0 spiro atoms. The minimum atomic E-state index is -0.359. The lowest BCUT2D eigenvalue weighted by Gasteiger charge is -2.47. The van der Waals surface area contributed by atoms with Gasteiger partial charge >= 0.3 is 6.03 Å². The fourth-order valence-electron chi connectivity index (χ4n) is 4.03. The summed E-state index contributed by atoms with van der Waals surface area (Å²) in [5, 5.41) is 6.82. The molecule has 1 aliphatic rings. The largest absolute Gasteiger partial charge is 0.366 e. The molecule has 1 heterocycles. The Morgan fingerprint density at radius 1 is 1.26 bits per heavy atom. The second kappa shape index (κ2) is 7.82. The first kappa shape index (κ1) is 19.0. The summed E-state index contributed by atoms with van der Waals surface area (Å²) >= 11 is 0. The molecule has 2 aromatic carbocycles. The Morgan fingerprint density at radius 3 is 2.70 bits per heavy atom. The van der Waals surface area contributed by atoms with Crippen LogP contribution < -0.4 is 15.6 Å². The van der Waals surface area contributed by atoms with E-state index >= 15 is 0 Å². The third-order valence-electron chi connectivity index (χ3n) is 5.14. The molecule has 27 heavy (non-hydrogen) atoms. The number of nitrogens with one attached hydrogen (secondary N) is 2. The van der Waals surface area contributed by atoms with Gasteiger partial charge in [0.15, 0.2) is 0 Å². The van der Waals surface area contributed by atoms with Crippen molar-refractivity contribution in [2.75, 3.05) is 16.8 Å². The van der Waals surface area contributed by atoms with Crippen molar-refractivity contribution in [3.05, 3.63) is 59.7 Å². The van der Waals surface area contributed by atoms with Crippen LogP contribution in [0.5, 0.6) is 0 Å². The van der Waals surface area contributed by atoms with Crippen LogP contribution in [0.25, 0.3) is 0 Å². The van der Waals surface area contributed by atoms with E-state index in [0.717, 1.165) is 24.2 Å². The van der Waals surface area contributed by atoms with E-state index < -0.39 is 0 Å². The topological polar surface area (TPSA) is 56.7 Å². The number of rotatable bonds is 4. The molecule has 1 atom stereocenters. The van der Waals surface area contributed by atoms with Crippen molar-refractivity contribution in [2.45, 2.75) is 45.6 Å². The Kier molecular flexibility index (Phi) is 5.49. The van der Waals surface area contributed by atoms with E-state index in [2.05, 4.69) is 66.6 Å². The zero-order valence-corrected chi connectivity index (χ0v) is 16.5. The summed E-state index contributed by atoms with van der Waals surface area (Å²) in [7, 11) is 0. The standard InChI is InChI=1S/C22H28N4O/c1-5-26-20-12-11-17(13-19(20)16(2)14-22(26,3)4)15-23-25-21(27)24-18-9-7-6-8-10-18/h6-13,15-16H,5,14H2,1-4H3,(H2,24,25,27)/b23-15+. The maximum atomic E-state index is 11.9. The first-order chi connectivity index (χ1) is 12.9. The van der Waals surface area contributed by atoms with Crippen LogP contribution in [0.2, 0.25) is 0 Å². The first-order valence-corrected chi connectivity index (χ1v) is 9.47. The summed E-state index contributed by atoms with van der Waals surface area (Å²) in [6.45, 7) is 10.1. The normalized spacial score (nSPS) is 18.2. The van der Waals surface area contributed by atoms with Gasteiger partial charge in [0.05, 0.1) is 6.21 Å². The zero-order valence-electron chi connectivity index (χ0n) is 16.5. The molecule has 5 heteroatoms. The Bertz CT molecular complexity index is 829. The number of carbonyl (C=O) groups excluding carboxylic acids is 1. The molecule has 1 aliphatic heterocycles. The van der Waals surface area contributed by atoms with Gasteiger partial charge in [0.1, 0.15) is 0 Å². The Labute approximate surface area is 161 Å². The smallest absolute Gasteiger partial charge is 0.339 e. The number of carbonyl (C=O) groups is 1. The number of hydrazone groups is 1. The fourth-order valence-corrected chi connectivity index (χ4v) is 4.03. The summed E-state index contributed by atoms with van der Waals surface area (Å²) in [5.41, 5.74) is 7.03. The number of hydrogen-bond acceptors (Lipinski definition) is 3. The number of hydrogen-bond donors (Lipinski definition) is 2. The highest BCUT2D eigenvalue weighted by atomic mass is 16.2. The Balaban J connectivity index is 1.69. The van der Waals surface area contributed by atoms with Gasteiger partial charge in [-0.25, -0.2) is 10.2 Å². The molecule has 0 saturated carbocycles. The lowest BCUT2D eigenvalue weighted by atomic mass is 9.79. The molecule has 2 N–H and O–H groups in total. The minimum Gasteiger partial charge on any atom is -0.366 e. The Morgan fingerprint density at radius 2 is 2.00 bits per heavy atom. The van der Waals surface area contributed by atoms with Crippen molar-refractivity contribution in [1.29, 1.82) is 0 Å². The molecular formula is C22H28N4O. The molecule has 2 amide bonds. The van der Waals surface area contributed by atoms with Crippen molar-refractivity contribution in [3.8, 4) is 0 Å². The SMILES string of the molecule is CCN1c2ccc(/C=N/NC(=O)Nc3ccccc3)cc2C(C)CC1(C)C. The summed E-state index contributed by atoms with van der Waals surface area (Å²) in [4.78, 5) is 14.4. The van der Waals surface area contributed by atoms with Gasteiger partial charge in [-0.15, -0.1) is 0 Å². The number of nitrogens with zero attached hydrogens (tertiary/aromatic N) is 2. The maximum absolute atomic E-state index is 11.9. The lowest BCUT2D eigenvalue weighted by Crippen LogP contribution is -2.48. The Hall–Kier alpha value is -2.82. The van der Waals surface area contributed by atoms with Crippen LogP contribution >= 0.6 is 0 Å². The predicted octanol–water partition coefficient (Wildman–Crippen LogP) is 4.95.